The quantitative estimate of drug-likeness (QED) is 0.692. The van der Waals surface area contributed by atoms with Crippen molar-refractivity contribution >= 4 is 17.5 Å². The summed E-state index contributed by atoms with van der Waals surface area (Å²) in [5.74, 6) is -0.790. The molecule has 0 spiro atoms. The van der Waals surface area contributed by atoms with E-state index in [0.29, 0.717) is 38.4 Å². The van der Waals surface area contributed by atoms with Gasteiger partial charge in [0.15, 0.2) is 0 Å². The van der Waals surface area contributed by atoms with Gasteiger partial charge in [0.1, 0.15) is 11.6 Å². The molecule has 2 amide bonds. The van der Waals surface area contributed by atoms with Crippen LogP contribution in [0.25, 0.3) is 0 Å². The van der Waals surface area contributed by atoms with Gasteiger partial charge in [-0.05, 0) is 30.7 Å². The molecule has 0 bridgehead atoms. The van der Waals surface area contributed by atoms with E-state index < -0.39 is 11.8 Å². The van der Waals surface area contributed by atoms with Crippen LogP contribution in [0.1, 0.15) is 25.1 Å². The fourth-order valence-electron chi connectivity index (χ4n) is 3.46. The molecule has 2 aromatic rings. The number of benzene rings is 1. The molecule has 1 saturated heterocycles. The number of carbonyl (C=O) groups excluding carboxylic acids is 2. The molecule has 0 unspecified atom stereocenters. The lowest BCUT2D eigenvalue weighted by Crippen LogP contribution is -2.51. The fourth-order valence-corrected chi connectivity index (χ4v) is 3.46. The molecule has 7 nitrogen and oxygen atoms in total. The highest BCUT2D eigenvalue weighted by molar-refractivity contribution is 6.35. The Morgan fingerprint density at radius 1 is 1.07 bits per heavy atom. The number of furan rings is 1. The number of nitrogens with zero attached hydrogens (tertiary/aromatic N) is 2. The number of anilines is 1. The van der Waals surface area contributed by atoms with Gasteiger partial charge in [-0.1, -0.05) is 19.1 Å². The Morgan fingerprint density at radius 3 is 2.45 bits per heavy atom. The number of carbonyl (C=O) groups is 2. The third-order valence-corrected chi connectivity index (χ3v) is 5.02. The van der Waals surface area contributed by atoms with Gasteiger partial charge in [-0.2, -0.15) is 0 Å². The van der Waals surface area contributed by atoms with Crippen LogP contribution in [0.3, 0.4) is 0 Å². The van der Waals surface area contributed by atoms with Crippen LogP contribution >= 0.6 is 0 Å². The first-order valence-electron chi connectivity index (χ1n) is 9.93. The Morgan fingerprint density at radius 2 is 1.79 bits per heavy atom. The molecule has 29 heavy (non-hydrogen) atoms. The van der Waals surface area contributed by atoms with Crippen molar-refractivity contribution in [1.82, 2.24) is 15.5 Å². The second-order valence-corrected chi connectivity index (χ2v) is 6.97. The van der Waals surface area contributed by atoms with Crippen LogP contribution in [-0.4, -0.2) is 56.0 Å². The van der Waals surface area contributed by atoms with E-state index >= 15 is 0 Å². The maximum atomic E-state index is 14.1. The van der Waals surface area contributed by atoms with Crippen LogP contribution < -0.4 is 15.5 Å². The van der Waals surface area contributed by atoms with Crippen LogP contribution in [0.15, 0.2) is 47.1 Å². The van der Waals surface area contributed by atoms with E-state index in [0.717, 1.165) is 12.2 Å². The highest BCUT2D eigenvalue weighted by atomic mass is 19.1. The summed E-state index contributed by atoms with van der Waals surface area (Å²) in [7, 11) is 0. The van der Waals surface area contributed by atoms with Gasteiger partial charge in [0.2, 0.25) is 0 Å². The first-order valence-corrected chi connectivity index (χ1v) is 9.93. The first kappa shape index (κ1) is 20.9. The van der Waals surface area contributed by atoms with Crippen molar-refractivity contribution in [3.05, 3.63) is 54.2 Å². The van der Waals surface area contributed by atoms with Crippen LogP contribution in [0.4, 0.5) is 10.1 Å². The summed E-state index contributed by atoms with van der Waals surface area (Å²) >= 11 is 0. The van der Waals surface area contributed by atoms with E-state index in [1.807, 2.05) is 24.0 Å². The number of rotatable bonds is 7. The minimum absolute atomic E-state index is 0.198. The molecule has 1 fully saturated rings. The number of piperazine rings is 1. The van der Waals surface area contributed by atoms with Crippen molar-refractivity contribution < 1.29 is 18.4 Å². The zero-order valence-electron chi connectivity index (χ0n) is 16.6. The van der Waals surface area contributed by atoms with Crippen molar-refractivity contribution in [1.29, 1.82) is 0 Å². The molecule has 0 radical (unpaired) electrons. The second kappa shape index (κ2) is 10.1. The standard InChI is InChI=1S/C21H27FN4O3/c1-2-9-23-20(27)21(28)24-15-18(19-8-5-14-29-19)26-12-10-25(11-13-26)17-7-4-3-6-16(17)22/h3-8,14,18H,2,9-13,15H2,1H3,(H,23,27)(H,24,28)/t18-/m1/s1. The maximum absolute atomic E-state index is 14.1. The minimum atomic E-state index is -0.653. The Hall–Kier alpha value is -2.87. The predicted octanol–water partition coefficient (Wildman–Crippen LogP) is 1.92. The molecule has 2 N–H and O–H groups in total. The number of hydrogen-bond donors (Lipinski definition) is 2. The smallest absolute Gasteiger partial charge is 0.309 e. The average molecular weight is 402 g/mol. The first-order chi connectivity index (χ1) is 14.1. The molecule has 156 valence electrons. The Kier molecular flexibility index (Phi) is 7.24. The lowest BCUT2D eigenvalue weighted by Gasteiger charge is -2.39. The highest BCUT2D eigenvalue weighted by Gasteiger charge is 2.28. The second-order valence-electron chi connectivity index (χ2n) is 6.97. The third kappa shape index (κ3) is 5.35. The summed E-state index contributed by atoms with van der Waals surface area (Å²) in [6, 6.07) is 10.2. The van der Waals surface area contributed by atoms with E-state index in [-0.39, 0.29) is 18.4 Å². The zero-order chi connectivity index (χ0) is 20.6. The highest BCUT2D eigenvalue weighted by Crippen LogP contribution is 2.25. The Labute approximate surface area is 169 Å². The van der Waals surface area contributed by atoms with E-state index in [4.69, 9.17) is 4.42 Å². The summed E-state index contributed by atoms with van der Waals surface area (Å²) in [6.45, 7) is 5.31. The SMILES string of the molecule is CCCNC(=O)C(=O)NC[C@H](c1ccco1)N1CCN(c2ccccc2F)CC1. The summed E-state index contributed by atoms with van der Waals surface area (Å²) in [4.78, 5) is 28.1. The van der Waals surface area contributed by atoms with Gasteiger partial charge >= 0.3 is 11.8 Å². The molecule has 2 heterocycles. The number of halogens is 1. The normalized spacial score (nSPS) is 15.7. The van der Waals surface area contributed by atoms with Crippen LogP contribution in [0, 0.1) is 5.82 Å². The van der Waals surface area contributed by atoms with Gasteiger partial charge in [-0.3, -0.25) is 14.5 Å². The van der Waals surface area contributed by atoms with Gasteiger partial charge in [0, 0.05) is 39.3 Å². The Bertz CT molecular complexity index is 804. The van der Waals surface area contributed by atoms with Crippen molar-refractivity contribution in [3.8, 4) is 0 Å². The molecule has 1 atom stereocenters. The van der Waals surface area contributed by atoms with E-state index in [2.05, 4.69) is 15.5 Å². The van der Waals surface area contributed by atoms with Crippen molar-refractivity contribution in [2.24, 2.45) is 0 Å². The summed E-state index contributed by atoms with van der Waals surface area (Å²) in [5, 5.41) is 5.27. The van der Waals surface area contributed by atoms with Gasteiger partial charge < -0.3 is 20.0 Å². The summed E-state index contributed by atoms with van der Waals surface area (Å²) in [6.07, 6.45) is 2.36. The monoisotopic (exact) mass is 402 g/mol. The molecule has 1 aliphatic heterocycles. The molecule has 1 aromatic heterocycles. The number of hydrogen-bond acceptors (Lipinski definition) is 5. The fraction of sp³-hybridized carbons (Fsp3) is 0.429. The van der Waals surface area contributed by atoms with Crippen molar-refractivity contribution in [2.75, 3.05) is 44.2 Å². The molecule has 1 aliphatic rings. The average Bonchev–Trinajstić information content (AvgIpc) is 3.27. The summed E-state index contributed by atoms with van der Waals surface area (Å²) < 4.78 is 19.6. The Balaban J connectivity index is 1.61. The minimum Gasteiger partial charge on any atom is -0.468 e. The van der Waals surface area contributed by atoms with Gasteiger partial charge in [-0.15, -0.1) is 0 Å². The molecule has 1 aromatic carbocycles. The van der Waals surface area contributed by atoms with Crippen molar-refractivity contribution in [3.63, 3.8) is 0 Å². The van der Waals surface area contributed by atoms with E-state index in [1.165, 1.54) is 6.07 Å². The number of para-hydroxylation sites is 1. The lowest BCUT2D eigenvalue weighted by molar-refractivity contribution is -0.139. The lowest BCUT2D eigenvalue weighted by atomic mass is 10.1. The maximum Gasteiger partial charge on any atom is 0.309 e. The van der Waals surface area contributed by atoms with Gasteiger partial charge in [-0.25, -0.2) is 4.39 Å². The topological polar surface area (TPSA) is 77.8 Å². The number of nitrogens with one attached hydrogen (secondary N) is 2. The molecule has 0 aliphatic carbocycles. The summed E-state index contributed by atoms with van der Waals surface area (Å²) in [5.41, 5.74) is 0.600. The van der Waals surface area contributed by atoms with Gasteiger partial charge in [0.25, 0.3) is 0 Å². The largest absolute Gasteiger partial charge is 0.468 e. The molecular formula is C21H27FN4O3. The van der Waals surface area contributed by atoms with Crippen LogP contribution in [0.5, 0.6) is 0 Å². The van der Waals surface area contributed by atoms with E-state index in [1.54, 1.807) is 24.5 Å². The molecule has 8 heteroatoms. The number of amides is 2. The van der Waals surface area contributed by atoms with Crippen molar-refractivity contribution in [2.45, 2.75) is 19.4 Å². The third-order valence-electron chi connectivity index (χ3n) is 5.02. The van der Waals surface area contributed by atoms with Gasteiger partial charge in [0.05, 0.1) is 18.0 Å². The van der Waals surface area contributed by atoms with Crippen LogP contribution in [0.2, 0.25) is 0 Å². The van der Waals surface area contributed by atoms with E-state index in [9.17, 15) is 14.0 Å². The molecule has 0 saturated carbocycles. The predicted molar refractivity (Wildman–Crippen MR) is 108 cm³/mol. The van der Waals surface area contributed by atoms with Crippen LogP contribution in [-0.2, 0) is 9.59 Å². The molecule has 3 rings (SSSR count). The molecular weight excluding hydrogens is 375 g/mol. The zero-order valence-corrected chi connectivity index (χ0v) is 16.6.